The molecule has 44 heavy (non-hydrogen) atoms. The fourth-order valence-electron chi connectivity index (χ4n) is 4.74. The number of carbonyl (C=O) groups is 2. The lowest BCUT2D eigenvalue weighted by atomic mass is 10.1. The van der Waals surface area contributed by atoms with Crippen LogP contribution in [0.4, 0.5) is 23.7 Å². The molecular weight excluding hydrogens is 593 g/mol. The molecule has 2 heterocycles. The zero-order valence-electron chi connectivity index (χ0n) is 23.9. The number of aryl methyl sites for hydroxylation is 1. The van der Waals surface area contributed by atoms with Crippen molar-refractivity contribution in [1.29, 1.82) is 0 Å². The highest BCUT2D eigenvalue weighted by molar-refractivity contribution is 8.15. The number of urea groups is 1. The first kappa shape index (κ1) is 30.8. The van der Waals surface area contributed by atoms with Crippen LogP contribution in [0.3, 0.4) is 0 Å². The summed E-state index contributed by atoms with van der Waals surface area (Å²) in [7, 11) is 0. The number of benzene rings is 3. The Morgan fingerprint density at radius 3 is 2.52 bits per heavy atom. The standard InChI is InChI=1S/C31H29F3N6O3S/c1-3-6-22-7-4-5-8-26(22)40-27(41)18-44-30(40)37-29(42)36-20(2)17-21-9-11-23(12-10-21)28-35-19-39(38-28)24-13-15-25(16-14-24)43-31(32,33)34/h4-5,7-16,19-20H,3,6,17-18H2,1-2H3,(H,36,42). The normalized spacial score (nSPS) is 15.1. The van der Waals surface area contributed by atoms with Crippen LogP contribution in [-0.4, -0.2) is 50.0 Å². The van der Waals surface area contributed by atoms with Crippen molar-refractivity contribution in [3.8, 4) is 22.8 Å². The number of nitrogens with one attached hydrogen (secondary N) is 1. The zero-order chi connectivity index (χ0) is 31.3. The van der Waals surface area contributed by atoms with E-state index < -0.39 is 12.4 Å². The van der Waals surface area contributed by atoms with Crippen molar-refractivity contribution in [2.75, 3.05) is 10.7 Å². The number of rotatable bonds is 9. The number of hydrogen-bond donors (Lipinski definition) is 1. The molecule has 0 saturated carbocycles. The summed E-state index contributed by atoms with van der Waals surface area (Å²) in [5, 5.41) is 7.68. The van der Waals surface area contributed by atoms with Crippen molar-refractivity contribution in [2.24, 2.45) is 4.99 Å². The van der Waals surface area contributed by atoms with Crippen molar-refractivity contribution < 1.29 is 27.5 Å². The molecular formula is C31H29F3N6O3S. The fraction of sp³-hybridized carbons (Fsp3) is 0.258. The van der Waals surface area contributed by atoms with Gasteiger partial charge in [-0.3, -0.25) is 9.69 Å². The number of halogens is 3. The van der Waals surface area contributed by atoms with Gasteiger partial charge in [0, 0.05) is 11.6 Å². The average molecular weight is 623 g/mol. The summed E-state index contributed by atoms with van der Waals surface area (Å²) in [6.07, 6.45) is -0.998. The number of hydrogen-bond acceptors (Lipinski definition) is 6. The van der Waals surface area contributed by atoms with E-state index in [0.29, 0.717) is 23.1 Å². The topological polar surface area (TPSA) is 102 Å². The van der Waals surface area contributed by atoms with E-state index >= 15 is 0 Å². The van der Waals surface area contributed by atoms with Crippen molar-refractivity contribution in [3.05, 3.63) is 90.3 Å². The summed E-state index contributed by atoms with van der Waals surface area (Å²) in [6, 6.07) is 19.8. The van der Waals surface area contributed by atoms with E-state index in [-0.39, 0.29) is 23.5 Å². The number of amides is 3. The van der Waals surface area contributed by atoms with E-state index in [1.165, 1.54) is 51.9 Å². The van der Waals surface area contributed by atoms with Gasteiger partial charge in [-0.2, -0.15) is 4.99 Å². The highest BCUT2D eigenvalue weighted by Crippen LogP contribution is 2.30. The van der Waals surface area contributed by atoms with Crippen LogP contribution in [0.5, 0.6) is 5.75 Å². The minimum Gasteiger partial charge on any atom is -0.406 e. The van der Waals surface area contributed by atoms with Gasteiger partial charge >= 0.3 is 12.4 Å². The Bertz CT molecular complexity index is 1660. The van der Waals surface area contributed by atoms with Gasteiger partial charge in [0.25, 0.3) is 0 Å². The maximum absolute atomic E-state index is 12.8. The van der Waals surface area contributed by atoms with Crippen LogP contribution < -0.4 is 15.0 Å². The zero-order valence-corrected chi connectivity index (χ0v) is 24.7. The third-order valence-corrected chi connectivity index (χ3v) is 7.59. The summed E-state index contributed by atoms with van der Waals surface area (Å²) < 4.78 is 42.6. The lowest BCUT2D eigenvalue weighted by Gasteiger charge is -2.20. The Morgan fingerprint density at radius 2 is 1.82 bits per heavy atom. The number of carbonyl (C=O) groups excluding carboxylic acids is 2. The molecule has 1 aliphatic rings. The summed E-state index contributed by atoms with van der Waals surface area (Å²) >= 11 is 1.25. The molecule has 0 radical (unpaired) electrons. The van der Waals surface area contributed by atoms with Crippen LogP contribution in [0.15, 0.2) is 84.1 Å². The lowest BCUT2D eigenvalue weighted by Crippen LogP contribution is -2.35. The largest absolute Gasteiger partial charge is 0.573 e. The van der Waals surface area contributed by atoms with E-state index in [9.17, 15) is 22.8 Å². The van der Waals surface area contributed by atoms with Crippen molar-refractivity contribution in [2.45, 2.75) is 45.5 Å². The van der Waals surface area contributed by atoms with Gasteiger partial charge in [0.1, 0.15) is 12.1 Å². The van der Waals surface area contributed by atoms with Crippen LogP contribution in [0.2, 0.25) is 0 Å². The smallest absolute Gasteiger partial charge is 0.406 e. The fourth-order valence-corrected chi connectivity index (χ4v) is 5.59. The number of thioether (sulfide) groups is 1. The van der Waals surface area contributed by atoms with Crippen LogP contribution in [0.1, 0.15) is 31.4 Å². The molecule has 0 spiro atoms. The first-order chi connectivity index (χ1) is 21.1. The Kier molecular flexibility index (Phi) is 9.33. The summed E-state index contributed by atoms with van der Waals surface area (Å²) in [6.45, 7) is 3.95. The monoisotopic (exact) mass is 622 g/mol. The quantitative estimate of drug-likeness (QED) is 0.227. The average Bonchev–Trinajstić information content (AvgIpc) is 3.61. The van der Waals surface area contributed by atoms with Crippen LogP contribution in [0, 0.1) is 0 Å². The molecule has 3 aromatic carbocycles. The number of ether oxygens (including phenoxy) is 1. The summed E-state index contributed by atoms with van der Waals surface area (Å²) in [5.74, 6) is 0.242. The van der Waals surface area contributed by atoms with E-state index in [1.54, 1.807) is 0 Å². The molecule has 1 saturated heterocycles. The Labute approximate surface area is 256 Å². The number of nitrogens with zero attached hydrogens (tertiary/aromatic N) is 5. The summed E-state index contributed by atoms with van der Waals surface area (Å²) in [4.78, 5) is 35.6. The second-order valence-electron chi connectivity index (χ2n) is 10.1. The van der Waals surface area contributed by atoms with E-state index in [4.69, 9.17) is 0 Å². The molecule has 1 aliphatic heterocycles. The third kappa shape index (κ3) is 7.64. The maximum Gasteiger partial charge on any atom is 0.573 e. The SMILES string of the molecule is CCCc1ccccc1N1C(=O)CSC1=NC(=O)NC(C)Cc1ccc(-c2ncn(-c3ccc(OC(F)(F)F)cc3)n2)cc1. The van der Waals surface area contributed by atoms with E-state index in [0.717, 1.165) is 35.2 Å². The third-order valence-electron chi connectivity index (χ3n) is 6.67. The van der Waals surface area contributed by atoms with E-state index in [1.807, 2.05) is 55.5 Å². The molecule has 0 bridgehead atoms. The second-order valence-corrected chi connectivity index (χ2v) is 11.0. The molecule has 1 N–H and O–H groups in total. The Morgan fingerprint density at radius 1 is 1.09 bits per heavy atom. The molecule has 1 fully saturated rings. The number of para-hydroxylation sites is 1. The lowest BCUT2D eigenvalue weighted by molar-refractivity contribution is -0.274. The van der Waals surface area contributed by atoms with Crippen molar-refractivity contribution in [1.82, 2.24) is 20.1 Å². The number of amidine groups is 1. The second kappa shape index (κ2) is 13.3. The highest BCUT2D eigenvalue weighted by Gasteiger charge is 2.32. The number of aliphatic imine (C=N–C) groups is 1. The molecule has 9 nitrogen and oxygen atoms in total. The number of anilines is 1. The Hall–Kier alpha value is -4.65. The van der Waals surface area contributed by atoms with Crippen LogP contribution in [0.25, 0.3) is 17.1 Å². The van der Waals surface area contributed by atoms with Gasteiger partial charge in [-0.05, 0) is 61.2 Å². The molecule has 1 atom stereocenters. The maximum atomic E-state index is 12.8. The molecule has 3 amide bonds. The van der Waals surface area contributed by atoms with Gasteiger partial charge in [-0.1, -0.05) is 67.6 Å². The van der Waals surface area contributed by atoms with Gasteiger partial charge < -0.3 is 10.1 Å². The molecule has 4 aromatic rings. The van der Waals surface area contributed by atoms with Crippen molar-refractivity contribution >= 4 is 34.6 Å². The molecule has 1 aromatic heterocycles. The van der Waals surface area contributed by atoms with Crippen LogP contribution >= 0.6 is 11.8 Å². The predicted molar refractivity (Wildman–Crippen MR) is 163 cm³/mol. The molecule has 1 unspecified atom stereocenters. The first-order valence-corrected chi connectivity index (χ1v) is 14.9. The predicted octanol–water partition coefficient (Wildman–Crippen LogP) is 6.56. The van der Waals surface area contributed by atoms with Gasteiger partial charge in [0.05, 0.1) is 17.1 Å². The van der Waals surface area contributed by atoms with Gasteiger partial charge in [0.2, 0.25) is 5.91 Å². The minimum absolute atomic E-state index is 0.106. The molecule has 5 rings (SSSR count). The minimum atomic E-state index is -4.76. The number of aromatic nitrogens is 3. The number of alkyl halides is 3. The van der Waals surface area contributed by atoms with Crippen molar-refractivity contribution in [3.63, 3.8) is 0 Å². The van der Waals surface area contributed by atoms with Crippen LogP contribution in [-0.2, 0) is 17.6 Å². The molecule has 13 heteroatoms. The Balaban J connectivity index is 1.19. The van der Waals surface area contributed by atoms with E-state index in [2.05, 4.69) is 32.1 Å². The first-order valence-electron chi connectivity index (χ1n) is 13.9. The van der Waals surface area contributed by atoms with Gasteiger partial charge in [-0.25, -0.2) is 14.5 Å². The molecule has 228 valence electrons. The van der Waals surface area contributed by atoms with Gasteiger partial charge in [-0.15, -0.1) is 18.3 Å². The molecule has 0 aliphatic carbocycles. The summed E-state index contributed by atoms with van der Waals surface area (Å²) in [5.41, 5.74) is 4.04. The highest BCUT2D eigenvalue weighted by atomic mass is 32.2. The van der Waals surface area contributed by atoms with Gasteiger partial charge in [0.15, 0.2) is 11.0 Å².